The molecule has 0 amide bonds. The lowest BCUT2D eigenvalue weighted by molar-refractivity contribution is -0.139. The molecule has 0 atom stereocenters. The Kier molecular flexibility index (Phi) is 18.2. The van der Waals surface area contributed by atoms with E-state index >= 15 is 4.39 Å². The largest absolute Gasteiger partial charge is 0.492 e. The molecule has 8 heteroatoms. The lowest BCUT2D eigenvalue weighted by atomic mass is 9.77. The number of aryl methyl sites for hydroxylation is 3. The summed E-state index contributed by atoms with van der Waals surface area (Å²) in [6, 6.07) is 16.1. The van der Waals surface area contributed by atoms with Crippen molar-refractivity contribution >= 4 is 11.9 Å². The van der Waals surface area contributed by atoms with Crippen molar-refractivity contribution in [3.05, 3.63) is 101 Å². The van der Waals surface area contributed by atoms with E-state index in [1.807, 2.05) is 12.1 Å². The van der Waals surface area contributed by atoms with Crippen LogP contribution in [0.25, 0.3) is 22.3 Å². The van der Waals surface area contributed by atoms with Gasteiger partial charge in [-0.25, -0.2) is 14.0 Å². The molecule has 58 heavy (non-hydrogen) atoms. The van der Waals surface area contributed by atoms with Crippen LogP contribution in [0.15, 0.2) is 72.8 Å². The molecular formula is C50H67FO7. The molecule has 0 aromatic heterocycles. The van der Waals surface area contributed by atoms with E-state index in [-0.39, 0.29) is 38.9 Å². The van der Waals surface area contributed by atoms with Crippen LogP contribution in [0.4, 0.5) is 4.39 Å². The first kappa shape index (κ1) is 46.4. The number of carbonyl (C=O) groups excluding carboxylic acids is 2. The fraction of sp³-hybridized carbons (Fsp3) is 0.520. The fourth-order valence-corrected chi connectivity index (χ4v) is 7.78. The topological polar surface area (TPSA) is 102 Å². The molecule has 0 bridgehead atoms. The van der Waals surface area contributed by atoms with Gasteiger partial charge >= 0.3 is 11.9 Å². The first-order valence-corrected chi connectivity index (χ1v) is 21.4. The lowest BCUT2D eigenvalue weighted by Gasteiger charge is -2.29. The molecule has 1 fully saturated rings. The quantitative estimate of drug-likeness (QED) is 0.0559. The molecule has 4 rings (SSSR count). The Labute approximate surface area is 346 Å². The number of halogens is 1. The summed E-state index contributed by atoms with van der Waals surface area (Å²) in [5.41, 5.74) is 7.06. The number of ether oxygens (including phenoxy) is 3. The number of aliphatic hydroxyl groups excluding tert-OH is 2. The highest BCUT2D eigenvalue weighted by Gasteiger charge is 2.26. The number of aliphatic hydroxyl groups is 2. The highest BCUT2D eigenvalue weighted by atomic mass is 19.1. The molecule has 0 heterocycles. The van der Waals surface area contributed by atoms with Gasteiger partial charge in [0, 0.05) is 22.1 Å². The minimum atomic E-state index is -0.882. The molecule has 0 aliphatic heterocycles. The Balaban J connectivity index is 1.67. The van der Waals surface area contributed by atoms with Crippen LogP contribution in [0.1, 0.15) is 127 Å². The van der Waals surface area contributed by atoms with Crippen molar-refractivity contribution in [1.82, 2.24) is 0 Å². The van der Waals surface area contributed by atoms with Crippen LogP contribution in [-0.2, 0) is 38.3 Å². The molecule has 2 N–H and O–H groups in total. The molecule has 1 saturated carbocycles. The first-order chi connectivity index (χ1) is 27.8. The molecule has 1 aliphatic rings. The van der Waals surface area contributed by atoms with Crippen LogP contribution < -0.4 is 4.74 Å². The van der Waals surface area contributed by atoms with Gasteiger partial charge in [0.2, 0.25) is 0 Å². The van der Waals surface area contributed by atoms with Crippen LogP contribution in [0.2, 0.25) is 0 Å². The summed E-state index contributed by atoms with van der Waals surface area (Å²) in [7, 11) is 0. The van der Waals surface area contributed by atoms with Crippen LogP contribution in [0, 0.1) is 17.2 Å². The van der Waals surface area contributed by atoms with Gasteiger partial charge in [-0.1, -0.05) is 89.9 Å². The first-order valence-electron chi connectivity index (χ1n) is 21.4. The Morgan fingerprint density at radius 2 is 1.33 bits per heavy atom. The molecule has 3 aromatic rings. The maximum absolute atomic E-state index is 16.0. The fourth-order valence-electron chi connectivity index (χ4n) is 7.78. The zero-order chi connectivity index (χ0) is 42.2. The Hall–Kier alpha value is -4.27. The minimum absolute atomic E-state index is 0.0637. The second-order valence-corrected chi connectivity index (χ2v) is 16.8. The zero-order valence-electron chi connectivity index (χ0n) is 35.7. The van der Waals surface area contributed by atoms with Crippen molar-refractivity contribution in [3.63, 3.8) is 0 Å². The highest BCUT2D eigenvalue weighted by molar-refractivity contribution is 5.87. The van der Waals surface area contributed by atoms with Crippen LogP contribution in [0.3, 0.4) is 0 Å². The molecule has 3 aromatic carbocycles. The molecule has 0 radical (unpaired) electrons. The van der Waals surface area contributed by atoms with E-state index in [1.165, 1.54) is 38.5 Å². The minimum Gasteiger partial charge on any atom is -0.492 e. The molecule has 0 saturated heterocycles. The van der Waals surface area contributed by atoms with E-state index in [9.17, 15) is 19.8 Å². The van der Waals surface area contributed by atoms with Gasteiger partial charge in [-0.2, -0.15) is 0 Å². The number of rotatable bonds is 23. The molecule has 0 spiro atoms. The summed E-state index contributed by atoms with van der Waals surface area (Å²) in [6.07, 6.45) is 12.7. The number of carbonyl (C=O) groups is 2. The Morgan fingerprint density at radius 3 is 1.84 bits per heavy atom. The average Bonchev–Trinajstić information content (AvgIpc) is 3.23. The van der Waals surface area contributed by atoms with E-state index in [2.05, 4.69) is 57.3 Å². The summed E-state index contributed by atoms with van der Waals surface area (Å²) in [5.74, 6) is 0.746. The normalized spacial score (nSPS) is 15.5. The number of benzene rings is 3. The van der Waals surface area contributed by atoms with E-state index in [4.69, 9.17) is 14.2 Å². The Bertz CT molecular complexity index is 1800. The standard InChI is InChI=1S/C50H67FO7/c1-8-10-11-14-36-17-19-38(20-18-36)39-21-24-45(46(51)30-39)40-22-23-44(37(9-2)27-40)43-28-41(15-12-25-56-48(54)34(3)4)47(58-33-50(7,31-52)32-53)42(29-43)16-13-26-57-49(55)35(5)6/h21-24,27-30,36,38,52-53H,3,5,8-20,25-26,31-33H2,1-2,4,6-7H3. The third kappa shape index (κ3) is 13.1. The molecular weight excluding hydrogens is 732 g/mol. The van der Waals surface area contributed by atoms with Gasteiger partial charge in [-0.3, -0.25) is 0 Å². The monoisotopic (exact) mass is 798 g/mol. The van der Waals surface area contributed by atoms with Crippen molar-refractivity contribution in [2.24, 2.45) is 11.3 Å². The molecule has 316 valence electrons. The summed E-state index contributed by atoms with van der Waals surface area (Å²) < 4.78 is 33.2. The number of hydrogen-bond acceptors (Lipinski definition) is 7. The van der Waals surface area contributed by atoms with Gasteiger partial charge in [0.25, 0.3) is 0 Å². The van der Waals surface area contributed by atoms with Crippen LogP contribution in [0.5, 0.6) is 5.75 Å². The maximum Gasteiger partial charge on any atom is 0.333 e. The van der Waals surface area contributed by atoms with Crippen LogP contribution in [-0.4, -0.2) is 55.2 Å². The van der Waals surface area contributed by atoms with E-state index in [0.29, 0.717) is 60.5 Å². The van der Waals surface area contributed by atoms with Crippen molar-refractivity contribution in [3.8, 4) is 28.0 Å². The molecule has 0 unspecified atom stereocenters. The zero-order valence-corrected chi connectivity index (χ0v) is 35.7. The van der Waals surface area contributed by atoms with Gasteiger partial charge in [0.1, 0.15) is 11.6 Å². The number of hydrogen-bond donors (Lipinski definition) is 2. The maximum atomic E-state index is 16.0. The number of esters is 2. The summed E-state index contributed by atoms with van der Waals surface area (Å²) in [4.78, 5) is 24.3. The van der Waals surface area contributed by atoms with Crippen molar-refractivity contribution in [2.45, 2.75) is 124 Å². The molecule has 1 aliphatic carbocycles. The third-order valence-electron chi connectivity index (χ3n) is 11.6. The van der Waals surface area contributed by atoms with E-state index in [1.54, 1.807) is 26.8 Å². The average molecular weight is 799 g/mol. The smallest absolute Gasteiger partial charge is 0.333 e. The van der Waals surface area contributed by atoms with Crippen LogP contribution >= 0.6 is 0 Å². The van der Waals surface area contributed by atoms with Gasteiger partial charge in [-0.05, 0) is 141 Å². The van der Waals surface area contributed by atoms with E-state index in [0.717, 1.165) is 57.7 Å². The predicted molar refractivity (Wildman–Crippen MR) is 231 cm³/mol. The summed E-state index contributed by atoms with van der Waals surface area (Å²) >= 11 is 0. The SMILES string of the molecule is C=C(C)C(=O)OCCCc1cc(-c2ccc(-c3ccc(C4CCC(CCCCC)CC4)cc3F)cc2CC)cc(CCCOC(=O)C(=C)C)c1OCC(C)(CO)CO. The summed E-state index contributed by atoms with van der Waals surface area (Å²) in [6.45, 7) is 16.6. The second kappa shape index (κ2) is 22.8. The van der Waals surface area contributed by atoms with Gasteiger partial charge in [-0.15, -0.1) is 0 Å². The summed E-state index contributed by atoms with van der Waals surface area (Å²) in [5, 5.41) is 20.1. The lowest BCUT2D eigenvalue weighted by Crippen LogP contribution is -2.33. The third-order valence-corrected chi connectivity index (χ3v) is 11.6. The van der Waals surface area contributed by atoms with Gasteiger partial charge in [0.05, 0.1) is 33.0 Å². The highest BCUT2D eigenvalue weighted by Crippen LogP contribution is 2.40. The number of unbranched alkanes of at least 4 members (excludes halogenated alkanes) is 2. The van der Waals surface area contributed by atoms with Gasteiger partial charge in [0.15, 0.2) is 0 Å². The van der Waals surface area contributed by atoms with Crippen molar-refractivity contribution in [2.75, 3.05) is 33.0 Å². The Morgan fingerprint density at radius 1 is 0.759 bits per heavy atom. The van der Waals surface area contributed by atoms with E-state index < -0.39 is 17.4 Å². The predicted octanol–water partition coefficient (Wildman–Crippen LogP) is 11.0. The van der Waals surface area contributed by atoms with Crippen molar-refractivity contribution in [1.29, 1.82) is 0 Å². The van der Waals surface area contributed by atoms with Crippen molar-refractivity contribution < 1.29 is 38.4 Å². The second-order valence-electron chi connectivity index (χ2n) is 16.8. The molecule has 7 nitrogen and oxygen atoms in total. The van der Waals surface area contributed by atoms with Gasteiger partial charge < -0.3 is 24.4 Å².